The largest absolute Gasteiger partial charge is 0.481 e. The van der Waals surface area contributed by atoms with Crippen LogP contribution in [0.1, 0.15) is 12.5 Å². The molecule has 66 valence electrons. The highest BCUT2D eigenvalue weighted by atomic mass is 35.5. The molecule has 0 saturated heterocycles. The van der Waals surface area contributed by atoms with Gasteiger partial charge in [0.25, 0.3) is 5.97 Å². The minimum absolute atomic E-state index is 0.549. The van der Waals surface area contributed by atoms with Crippen molar-refractivity contribution in [3.8, 4) is 0 Å². The van der Waals surface area contributed by atoms with E-state index >= 15 is 0 Å². The first kappa shape index (κ1) is 10.9. The second-order valence-electron chi connectivity index (χ2n) is 2.01. The van der Waals surface area contributed by atoms with Crippen LogP contribution in [0.2, 0.25) is 0 Å². The van der Waals surface area contributed by atoms with Gasteiger partial charge in [0.2, 0.25) is 0 Å². The van der Waals surface area contributed by atoms with Gasteiger partial charge in [-0.2, -0.15) is 0 Å². The van der Waals surface area contributed by atoms with Crippen molar-refractivity contribution in [3.63, 3.8) is 0 Å². The van der Waals surface area contributed by atoms with E-state index in [-0.39, 0.29) is 0 Å². The van der Waals surface area contributed by atoms with Gasteiger partial charge in [0.05, 0.1) is 0 Å². The molecule has 1 rings (SSSR count). The van der Waals surface area contributed by atoms with E-state index in [9.17, 15) is 0 Å². The number of hydrogen-bond donors (Lipinski definition) is 1. The monoisotopic (exact) mass is 187 g/mol. The van der Waals surface area contributed by atoms with Gasteiger partial charge in [0, 0.05) is 25.2 Å². The molecule has 0 amide bonds. The first-order valence-corrected chi connectivity index (χ1v) is 3.84. The Kier molecular flexibility index (Phi) is 6.01. The Balaban J connectivity index is 0.000000261. The molecular formula is C8H10ClNO2. The SMILES string of the molecule is CC(=O)O.ClCc1cccnc1. The number of alkyl halides is 1. The lowest BCUT2D eigenvalue weighted by molar-refractivity contribution is -0.134. The van der Waals surface area contributed by atoms with Crippen LogP contribution in [0.3, 0.4) is 0 Å². The quantitative estimate of drug-likeness (QED) is 0.684. The number of carboxylic acid groups (broad SMARTS) is 1. The van der Waals surface area contributed by atoms with Crippen molar-refractivity contribution >= 4 is 17.6 Å². The molecular weight excluding hydrogens is 178 g/mol. The Morgan fingerprint density at radius 1 is 1.75 bits per heavy atom. The van der Waals surface area contributed by atoms with Gasteiger partial charge in [-0.3, -0.25) is 9.78 Å². The molecule has 4 heteroatoms. The smallest absolute Gasteiger partial charge is 0.300 e. The fourth-order valence-electron chi connectivity index (χ4n) is 0.477. The van der Waals surface area contributed by atoms with Gasteiger partial charge < -0.3 is 5.11 Å². The number of carbonyl (C=O) groups is 1. The fourth-order valence-corrected chi connectivity index (χ4v) is 0.635. The number of nitrogens with zero attached hydrogens (tertiary/aromatic N) is 1. The lowest BCUT2D eigenvalue weighted by Gasteiger charge is -1.87. The summed E-state index contributed by atoms with van der Waals surface area (Å²) < 4.78 is 0. The van der Waals surface area contributed by atoms with Crippen molar-refractivity contribution in [2.24, 2.45) is 0 Å². The van der Waals surface area contributed by atoms with Crippen LogP contribution in [0.15, 0.2) is 24.5 Å². The molecule has 0 aliphatic carbocycles. The van der Waals surface area contributed by atoms with E-state index in [1.54, 1.807) is 12.4 Å². The zero-order chi connectivity index (χ0) is 9.40. The molecule has 0 bridgehead atoms. The summed E-state index contributed by atoms with van der Waals surface area (Å²) in [6.45, 7) is 1.08. The van der Waals surface area contributed by atoms with Crippen molar-refractivity contribution in [1.29, 1.82) is 0 Å². The molecule has 0 unspecified atom stereocenters. The molecule has 0 spiro atoms. The number of hydrogen-bond acceptors (Lipinski definition) is 2. The van der Waals surface area contributed by atoms with Gasteiger partial charge in [0.15, 0.2) is 0 Å². The second-order valence-corrected chi connectivity index (χ2v) is 2.28. The number of rotatable bonds is 1. The van der Waals surface area contributed by atoms with Gasteiger partial charge in [-0.05, 0) is 11.6 Å². The van der Waals surface area contributed by atoms with Gasteiger partial charge in [-0.1, -0.05) is 6.07 Å². The summed E-state index contributed by atoms with van der Waals surface area (Å²) in [6.07, 6.45) is 3.49. The molecule has 0 atom stereocenters. The average Bonchev–Trinajstić information content (AvgIpc) is 2.05. The molecule has 0 saturated carbocycles. The van der Waals surface area contributed by atoms with Crippen LogP contribution in [0.5, 0.6) is 0 Å². The molecule has 12 heavy (non-hydrogen) atoms. The van der Waals surface area contributed by atoms with E-state index in [0.29, 0.717) is 5.88 Å². The summed E-state index contributed by atoms with van der Waals surface area (Å²) in [4.78, 5) is 12.9. The van der Waals surface area contributed by atoms with E-state index in [1.165, 1.54) is 0 Å². The predicted molar refractivity (Wildman–Crippen MR) is 47.1 cm³/mol. The minimum Gasteiger partial charge on any atom is -0.481 e. The Morgan fingerprint density at radius 3 is 2.58 bits per heavy atom. The number of aromatic nitrogens is 1. The maximum atomic E-state index is 9.00. The third-order valence-corrected chi connectivity index (χ3v) is 1.19. The van der Waals surface area contributed by atoms with Gasteiger partial charge >= 0.3 is 0 Å². The summed E-state index contributed by atoms with van der Waals surface area (Å²) in [6, 6.07) is 3.82. The molecule has 0 aromatic carbocycles. The third-order valence-electron chi connectivity index (χ3n) is 0.877. The minimum atomic E-state index is -0.833. The van der Waals surface area contributed by atoms with Crippen molar-refractivity contribution in [2.75, 3.05) is 0 Å². The highest BCUT2D eigenvalue weighted by Crippen LogP contribution is 1.98. The maximum absolute atomic E-state index is 9.00. The van der Waals surface area contributed by atoms with Gasteiger partial charge in [0.1, 0.15) is 0 Å². The summed E-state index contributed by atoms with van der Waals surface area (Å²) in [7, 11) is 0. The topological polar surface area (TPSA) is 50.2 Å². The number of pyridine rings is 1. The van der Waals surface area contributed by atoms with Gasteiger partial charge in [-0.15, -0.1) is 11.6 Å². The third kappa shape index (κ3) is 7.02. The van der Waals surface area contributed by atoms with Crippen molar-refractivity contribution in [1.82, 2.24) is 4.98 Å². The number of halogens is 1. The molecule has 1 aromatic heterocycles. The zero-order valence-corrected chi connectivity index (χ0v) is 7.45. The normalized spacial score (nSPS) is 8.17. The molecule has 0 fully saturated rings. The van der Waals surface area contributed by atoms with Crippen molar-refractivity contribution < 1.29 is 9.90 Å². The summed E-state index contributed by atoms with van der Waals surface area (Å²) in [5.74, 6) is -0.284. The average molecular weight is 188 g/mol. The highest BCUT2D eigenvalue weighted by Gasteiger charge is 1.82. The summed E-state index contributed by atoms with van der Waals surface area (Å²) in [5.41, 5.74) is 1.06. The maximum Gasteiger partial charge on any atom is 0.300 e. The summed E-state index contributed by atoms with van der Waals surface area (Å²) >= 11 is 5.49. The zero-order valence-electron chi connectivity index (χ0n) is 6.70. The molecule has 0 aliphatic heterocycles. The van der Waals surface area contributed by atoms with Gasteiger partial charge in [-0.25, -0.2) is 0 Å². The first-order chi connectivity index (χ1) is 5.66. The van der Waals surface area contributed by atoms with Crippen molar-refractivity contribution in [3.05, 3.63) is 30.1 Å². The standard InChI is InChI=1S/C6H6ClN.C2H4O2/c7-4-6-2-1-3-8-5-6;1-2(3)4/h1-3,5H,4H2;1H3,(H,3,4). The van der Waals surface area contributed by atoms with Crippen molar-refractivity contribution in [2.45, 2.75) is 12.8 Å². The lowest BCUT2D eigenvalue weighted by Crippen LogP contribution is -1.78. The molecule has 0 aliphatic rings. The Morgan fingerprint density at radius 2 is 2.33 bits per heavy atom. The predicted octanol–water partition coefficient (Wildman–Crippen LogP) is 1.91. The Labute approximate surface area is 76.0 Å². The lowest BCUT2D eigenvalue weighted by atomic mass is 10.3. The second kappa shape index (κ2) is 6.61. The van der Waals surface area contributed by atoms with Crippen LogP contribution in [-0.2, 0) is 10.7 Å². The molecule has 1 heterocycles. The highest BCUT2D eigenvalue weighted by molar-refractivity contribution is 6.17. The van der Waals surface area contributed by atoms with Crippen LogP contribution >= 0.6 is 11.6 Å². The van der Waals surface area contributed by atoms with E-state index in [0.717, 1.165) is 12.5 Å². The Bertz CT molecular complexity index is 222. The van der Waals surface area contributed by atoms with Crippen LogP contribution < -0.4 is 0 Å². The molecule has 1 aromatic rings. The fraction of sp³-hybridized carbons (Fsp3) is 0.250. The van der Waals surface area contributed by atoms with E-state index in [4.69, 9.17) is 21.5 Å². The number of aliphatic carboxylic acids is 1. The molecule has 3 nitrogen and oxygen atoms in total. The van der Waals surface area contributed by atoms with E-state index in [1.807, 2.05) is 12.1 Å². The van der Waals surface area contributed by atoms with Crippen LogP contribution in [0.4, 0.5) is 0 Å². The van der Waals surface area contributed by atoms with E-state index < -0.39 is 5.97 Å². The van der Waals surface area contributed by atoms with E-state index in [2.05, 4.69) is 4.98 Å². The first-order valence-electron chi connectivity index (χ1n) is 3.31. The number of carboxylic acids is 1. The van der Waals surface area contributed by atoms with Crippen LogP contribution in [-0.4, -0.2) is 16.1 Å². The van der Waals surface area contributed by atoms with Crippen LogP contribution in [0.25, 0.3) is 0 Å². The summed E-state index contributed by atoms with van der Waals surface area (Å²) in [5, 5.41) is 7.42. The molecule has 0 radical (unpaired) electrons. The molecule has 1 N–H and O–H groups in total. The Hall–Kier alpha value is -1.09. The van der Waals surface area contributed by atoms with Crippen LogP contribution in [0, 0.1) is 0 Å².